The standard InChI is InChI=1S/2C18H14F3.C2H7Si.2ClH.Zr/c2*1-11-6-12(2)8-14(7-11)16-5-3-4-13-9-15(10-17(13)16)18(19,20)21;1-3-2;;;/h2*3-10H,1-2H3;3H,1-2H3;2*1H;/q;;;;;+2/p-2. The van der Waals surface area contributed by atoms with Crippen molar-refractivity contribution in [1.29, 1.82) is 0 Å². The molecule has 0 N–H and O–H groups in total. The Morgan fingerprint density at radius 2 is 0.896 bits per heavy atom. The number of allylic oxidation sites excluding steroid dienone is 2. The van der Waals surface area contributed by atoms with Crippen molar-refractivity contribution < 1.29 is 41.9 Å². The molecular weight excluding hydrogens is 761 g/mol. The Morgan fingerprint density at radius 3 is 1.19 bits per heavy atom. The van der Waals surface area contributed by atoms with E-state index < -0.39 is 52.2 Å². The quantitative estimate of drug-likeness (QED) is 0.139. The first kappa shape index (κ1) is 35.4. The summed E-state index contributed by atoms with van der Waals surface area (Å²) in [7, 11) is 15.7. The van der Waals surface area contributed by atoms with E-state index in [4.69, 9.17) is 17.0 Å². The van der Waals surface area contributed by atoms with Gasteiger partial charge < -0.3 is 0 Å². The van der Waals surface area contributed by atoms with Gasteiger partial charge in [0.05, 0.1) is 0 Å². The normalized spacial score (nSPS) is 18.7. The topological polar surface area (TPSA) is 0 Å². The molecule has 0 saturated heterocycles. The summed E-state index contributed by atoms with van der Waals surface area (Å²) in [5.74, 6) is -2.71. The molecule has 0 saturated carbocycles. The number of hydrogen-bond acceptors (Lipinski definition) is 0. The fourth-order valence-electron chi connectivity index (χ4n) is 8.08. The van der Waals surface area contributed by atoms with Gasteiger partial charge in [0.25, 0.3) is 0 Å². The average molecular weight is 796 g/mol. The van der Waals surface area contributed by atoms with Crippen molar-refractivity contribution in [1.82, 2.24) is 0 Å². The molecule has 2 aliphatic rings. The molecule has 4 aromatic rings. The maximum absolute atomic E-state index is 15.3. The first-order chi connectivity index (χ1) is 22.2. The average Bonchev–Trinajstić information content (AvgIpc) is 3.57. The van der Waals surface area contributed by atoms with Crippen LogP contribution in [0.3, 0.4) is 0 Å². The van der Waals surface area contributed by atoms with Gasteiger partial charge in [0, 0.05) is 0 Å². The second kappa shape index (κ2) is 11.9. The van der Waals surface area contributed by atoms with Crippen molar-refractivity contribution in [2.45, 2.75) is 60.4 Å². The molecule has 2 atom stereocenters. The molecule has 0 heterocycles. The molecule has 2 unspecified atom stereocenters. The molecule has 0 nitrogen and oxygen atoms in total. The first-order valence-electron chi connectivity index (χ1n) is 15.8. The predicted octanol–water partition coefficient (Wildman–Crippen LogP) is 12.9. The van der Waals surface area contributed by atoms with Crippen LogP contribution in [0.15, 0.2) is 83.9 Å². The van der Waals surface area contributed by atoms with E-state index in [1.54, 1.807) is 49.5 Å². The number of rotatable bonds is 5. The number of benzene rings is 4. The van der Waals surface area contributed by atoms with E-state index in [9.17, 15) is 0 Å². The number of hydrogen-bond donors (Lipinski definition) is 0. The third-order valence-electron chi connectivity index (χ3n) is 10.0. The van der Waals surface area contributed by atoms with Gasteiger partial charge in [-0.2, -0.15) is 0 Å². The third-order valence-corrected chi connectivity index (χ3v) is 61.6. The van der Waals surface area contributed by atoms with E-state index in [0.717, 1.165) is 45.5 Å². The van der Waals surface area contributed by atoms with Gasteiger partial charge in [-0.05, 0) is 0 Å². The molecule has 10 heteroatoms. The van der Waals surface area contributed by atoms with Gasteiger partial charge in [0.2, 0.25) is 0 Å². The maximum atomic E-state index is 15.3. The summed E-state index contributed by atoms with van der Waals surface area (Å²) >= 11 is -6.44. The molecule has 0 radical (unpaired) electrons. The molecule has 48 heavy (non-hydrogen) atoms. The molecule has 6 rings (SSSR count). The SMILES string of the molecule is Cc1cc(C)cc(-c2cccc3c2C=C(C(F)(F)F)[CH]3[Zr]([Cl])([Cl])([CH]2C(C(F)(F)F)=Cc3c(-c4cc(C)cc(C)c4)cccc32)[SiH](C)C)c1. The zero-order valence-corrected chi connectivity index (χ0v) is 32.5. The van der Waals surface area contributed by atoms with E-state index in [1.807, 2.05) is 64.1 Å². The molecule has 2 aliphatic carbocycles. The summed E-state index contributed by atoms with van der Waals surface area (Å²) in [6, 6.07) is 21.5. The Bertz CT molecular complexity index is 1860. The summed E-state index contributed by atoms with van der Waals surface area (Å²) in [6.07, 6.45) is -7.56. The zero-order valence-electron chi connectivity index (χ0n) is 27.3. The van der Waals surface area contributed by atoms with Crippen LogP contribution < -0.4 is 0 Å². The van der Waals surface area contributed by atoms with Gasteiger partial charge in [-0.3, -0.25) is 0 Å². The van der Waals surface area contributed by atoms with Crippen LogP contribution in [0.25, 0.3) is 34.4 Å². The molecular formula is C38H35Cl2F6SiZr. The van der Waals surface area contributed by atoms with Crippen molar-refractivity contribution in [3.05, 3.63) is 128 Å². The molecule has 0 amide bonds. The van der Waals surface area contributed by atoms with Crippen LogP contribution in [0.2, 0.25) is 13.1 Å². The van der Waals surface area contributed by atoms with Crippen LogP contribution in [-0.2, 0) is 15.6 Å². The van der Waals surface area contributed by atoms with Crippen LogP contribution in [0.5, 0.6) is 0 Å². The van der Waals surface area contributed by atoms with Crippen LogP contribution in [0.1, 0.15) is 51.8 Å². The molecule has 0 bridgehead atoms. The Morgan fingerprint density at radius 1 is 0.562 bits per heavy atom. The molecule has 0 aromatic heterocycles. The predicted molar refractivity (Wildman–Crippen MR) is 187 cm³/mol. The van der Waals surface area contributed by atoms with Crippen molar-refractivity contribution in [2.24, 2.45) is 0 Å². The molecule has 0 aliphatic heterocycles. The Kier molecular flexibility index (Phi) is 8.76. The molecule has 251 valence electrons. The van der Waals surface area contributed by atoms with E-state index in [0.29, 0.717) is 22.3 Å². The van der Waals surface area contributed by atoms with E-state index >= 15 is 26.3 Å². The van der Waals surface area contributed by atoms with Gasteiger partial charge in [-0.25, -0.2) is 0 Å². The second-order valence-corrected chi connectivity index (χ2v) is 56.3. The van der Waals surface area contributed by atoms with E-state index in [2.05, 4.69) is 0 Å². The summed E-state index contributed by atoms with van der Waals surface area (Å²) in [4.78, 5) is 0. The number of fused-ring (bicyclic) bond motifs is 2. The van der Waals surface area contributed by atoms with E-state index in [1.165, 1.54) is 0 Å². The summed E-state index contributed by atoms with van der Waals surface area (Å²) in [5, 5.41) is 0. The van der Waals surface area contributed by atoms with Gasteiger partial charge >= 0.3 is 288 Å². The molecule has 0 spiro atoms. The van der Waals surface area contributed by atoms with Crippen molar-refractivity contribution in [2.75, 3.05) is 0 Å². The fourth-order valence-corrected chi connectivity index (χ4v) is 38.2. The number of alkyl halides is 6. The van der Waals surface area contributed by atoms with Crippen LogP contribution in [0, 0.1) is 27.7 Å². The van der Waals surface area contributed by atoms with Crippen LogP contribution in [0.4, 0.5) is 26.3 Å². The van der Waals surface area contributed by atoms with Gasteiger partial charge in [0.15, 0.2) is 0 Å². The third kappa shape index (κ3) is 5.73. The monoisotopic (exact) mass is 793 g/mol. The number of halogens is 8. The van der Waals surface area contributed by atoms with Gasteiger partial charge in [-0.1, -0.05) is 0 Å². The van der Waals surface area contributed by atoms with E-state index in [-0.39, 0.29) is 11.1 Å². The summed E-state index contributed by atoms with van der Waals surface area (Å²) < 4.78 is 88.6. The van der Waals surface area contributed by atoms with Crippen molar-refractivity contribution >= 4 is 35.1 Å². The van der Waals surface area contributed by atoms with Gasteiger partial charge in [-0.15, -0.1) is 0 Å². The molecule has 4 aromatic carbocycles. The molecule has 0 fully saturated rings. The van der Waals surface area contributed by atoms with Crippen molar-refractivity contribution in [3.8, 4) is 22.3 Å². The first-order valence-corrected chi connectivity index (χ1v) is 32.1. The Labute approximate surface area is 286 Å². The second-order valence-electron chi connectivity index (χ2n) is 13.8. The minimum atomic E-state index is -6.44. The fraction of sp³-hybridized carbons (Fsp3) is 0.263. The Balaban J connectivity index is 1.67. The van der Waals surface area contributed by atoms with Crippen LogP contribution >= 0.6 is 17.0 Å². The summed E-state index contributed by atoms with van der Waals surface area (Å²) in [6.45, 7) is 11.1. The summed E-state index contributed by atoms with van der Waals surface area (Å²) in [5.41, 5.74) is 5.58. The van der Waals surface area contributed by atoms with Gasteiger partial charge in [0.1, 0.15) is 0 Å². The number of aryl methyl sites for hydroxylation is 4. The Hall–Kier alpha value is -2.38. The zero-order chi connectivity index (χ0) is 35.2. The minimum absolute atomic E-state index is 0.260. The van der Waals surface area contributed by atoms with Crippen LogP contribution in [-0.4, -0.2) is 18.3 Å². The van der Waals surface area contributed by atoms with Crippen molar-refractivity contribution in [3.63, 3.8) is 0 Å².